The maximum absolute atomic E-state index is 12.3. The molecule has 2 N–H and O–H groups in total. The number of nitrogens with two attached hydrogens (primary N) is 1. The Labute approximate surface area is 165 Å². The average Bonchev–Trinajstić information content (AvgIpc) is 2.73. The van der Waals surface area contributed by atoms with Crippen LogP contribution in [0.2, 0.25) is 0 Å². The molecule has 1 amide bonds. The molecule has 4 rings (SSSR count). The lowest BCUT2D eigenvalue weighted by molar-refractivity contribution is -0.124. The number of carbonyl (C=O) groups is 1. The van der Waals surface area contributed by atoms with Crippen LogP contribution in [0.3, 0.4) is 0 Å². The predicted octanol–water partition coefficient (Wildman–Crippen LogP) is 3.65. The van der Waals surface area contributed by atoms with Crippen LogP contribution in [0.15, 0.2) is 72.8 Å². The van der Waals surface area contributed by atoms with Crippen LogP contribution in [0, 0.1) is 6.07 Å². The first-order chi connectivity index (χ1) is 13.7. The van der Waals surface area contributed by atoms with Crippen LogP contribution < -0.4 is 10.5 Å². The van der Waals surface area contributed by atoms with Gasteiger partial charge in [-0.2, -0.15) is 0 Å². The second kappa shape index (κ2) is 8.28. The summed E-state index contributed by atoms with van der Waals surface area (Å²) in [5, 5.41) is 0. The quantitative estimate of drug-likeness (QED) is 0.720. The van der Waals surface area contributed by atoms with E-state index < -0.39 is 6.04 Å². The summed E-state index contributed by atoms with van der Waals surface area (Å²) >= 11 is 0. The normalized spacial score (nSPS) is 16.4. The van der Waals surface area contributed by atoms with E-state index >= 15 is 0 Å². The minimum Gasteiger partial charge on any atom is -0.489 e. The van der Waals surface area contributed by atoms with Crippen molar-refractivity contribution in [3.63, 3.8) is 0 Å². The van der Waals surface area contributed by atoms with E-state index in [0.717, 1.165) is 41.0 Å². The molecule has 1 heterocycles. The molecule has 1 unspecified atom stereocenters. The number of primary amides is 1. The third-order valence-electron chi connectivity index (χ3n) is 5.17. The van der Waals surface area contributed by atoms with E-state index in [4.69, 9.17) is 10.5 Å². The SMILES string of the molecule is NC(=O)C1c2cc[c]cc2CCN1Cc1ccccc1OCc1ccccc1. The zero-order chi connectivity index (χ0) is 19.3. The second-order valence-electron chi connectivity index (χ2n) is 7.03. The monoisotopic (exact) mass is 371 g/mol. The number of ether oxygens (including phenoxy) is 1. The molecule has 141 valence electrons. The number of rotatable bonds is 6. The first kappa shape index (κ1) is 18.3. The van der Waals surface area contributed by atoms with E-state index in [1.54, 1.807) is 0 Å². The lowest BCUT2D eigenvalue weighted by atomic mass is 9.91. The molecule has 3 aromatic rings. The average molecular weight is 371 g/mol. The van der Waals surface area contributed by atoms with Gasteiger partial charge in [0, 0.05) is 18.7 Å². The van der Waals surface area contributed by atoms with Crippen molar-refractivity contribution >= 4 is 5.91 Å². The fourth-order valence-electron chi connectivity index (χ4n) is 3.78. The number of hydrogen-bond acceptors (Lipinski definition) is 3. The maximum Gasteiger partial charge on any atom is 0.239 e. The summed E-state index contributed by atoms with van der Waals surface area (Å²) in [6.07, 6.45) is 0.878. The Bertz CT molecular complexity index is 956. The van der Waals surface area contributed by atoms with Crippen molar-refractivity contribution in [3.05, 3.63) is 101 Å². The summed E-state index contributed by atoms with van der Waals surface area (Å²) in [4.78, 5) is 14.4. The standard InChI is InChI=1S/C24H23N2O2/c25-24(27)23-21-12-6-4-10-19(21)14-15-26(23)16-20-11-5-7-13-22(20)28-17-18-8-2-1-3-9-18/h1-3,5-13,23H,14-17H2,(H2,25,27). The van der Waals surface area contributed by atoms with Gasteiger partial charge >= 0.3 is 0 Å². The van der Waals surface area contributed by atoms with Gasteiger partial charge in [-0.15, -0.1) is 0 Å². The molecular weight excluding hydrogens is 348 g/mol. The van der Waals surface area contributed by atoms with Gasteiger partial charge < -0.3 is 10.5 Å². The first-order valence-electron chi connectivity index (χ1n) is 9.49. The van der Waals surface area contributed by atoms with Gasteiger partial charge in [0.15, 0.2) is 0 Å². The molecule has 0 fully saturated rings. The lowest BCUT2D eigenvalue weighted by Gasteiger charge is -2.35. The van der Waals surface area contributed by atoms with Crippen molar-refractivity contribution in [1.82, 2.24) is 4.90 Å². The van der Waals surface area contributed by atoms with Crippen molar-refractivity contribution in [3.8, 4) is 5.75 Å². The Morgan fingerprint density at radius 1 is 1.11 bits per heavy atom. The molecule has 0 saturated heterocycles. The van der Waals surface area contributed by atoms with E-state index in [2.05, 4.69) is 11.0 Å². The van der Waals surface area contributed by atoms with E-state index in [0.29, 0.717) is 13.2 Å². The van der Waals surface area contributed by atoms with Gasteiger partial charge in [-0.1, -0.05) is 66.7 Å². The molecule has 0 saturated carbocycles. The molecule has 0 aromatic heterocycles. The third-order valence-corrected chi connectivity index (χ3v) is 5.17. The van der Waals surface area contributed by atoms with Gasteiger partial charge in [0.05, 0.1) is 0 Å². The molecule has 3 aromatic carbocycles. The summed E-state index contributed by atoms with van der Waals surface area (Å²) in [6.45, 7) is 1.89. The van der Waals surface area contributed by atoms with Crippen LogP contribution in [-0.2, 0) is 24.4 Å². The van der Waals surface area contributed by atoms with Crippen molar-refractivity contribution in [2.24, 2.45) is 5.73 Å². The number of hydrogen-bond donors (Lipinski definition) is 1. The minimum atomic E-state index is -0.430. The topological polar surface area (TPSA) is 55.6 Å². The third kappa shape index (κ3) is 3.92. The highest BCUT2D eigenvalue weighted by atomic mass is 16.5. The molecule has 4 nitrogen and oxygen atoms in total. The molecule has 4 heteroatoms. The van der Waals surface area contributed by atoms with Crippen LogP contribution in [0.1, 0.15) is 28.3 Å². The molecule has 0 aliphatic carbocycles. The zero-order valence-corrected chi connectivity index (χ0v) is 15.7. The van der Waals surface area contributed by atoms with Gasteiger partial charge in [0.25, 0.3) is 0 Å². The van der Waals surface area contributed by atoms with Crippen molar-refractivity contribution in [2.45, 2.75) is 25.6 Å². The van der Waals surface area contributed by atoms with E-state index in [1.165, 1.54) is 0 Å². The summed E-state index contributed by atoms with van der Waals surface area (Å²) < 4.78 is 6.08. The lowest BCUT2D eigenvalue weighted by Crippen LogP contribution is -2.42. The second-order valence-corrected chi connectivity index (χ2v) is 7.03. The molecule has 28 heavy (non-hydrogen) atoms. The first-order valence-corrected chi connectivity index (χ1v) is 9.49. The molecule has 1 aliphatic rings. The van der Waals surface area contributed by atoms with E-state index in [-0.39, 0.29) is 5.91 Å². The number of fused-ring (bicyclic) bond motifs is 1. The Morgan fingerprint density at radius 2 is 1.89 bits per heavy atom. The zero-order valence-electron chi connectivity index (χ0n) is 15.7. The highest BCUT2D eigenvalue weighted by Crippen LogP contribution is 2.32. The largest absolute Gasteiger partial charge is 0.489 e. The Balaban J connectivity index is 1.55. The van der Waals surface area contributed by atoms with Crippen LogP contribution in [0.25, 0.3) is 0 Å². The number of nitrogens with zero attached hydrogens (tertiary/aromatic N) is 1. The molecule has 0 spiro atoms. The van der Waals surface area contributed by atoms with Crippen LogP contribution in [0.4, 0.5) is 0 Å². The molecule has 0 bridgehead atoms. The number of benzene rings is 3. The van der Waals surface area contributed by atoms with Gasteiger partial charge in [0.1, 0.15) is 18.4 Å². The van der Waals surface area contributed by atoms with Gasteiger partial charge in [0.2, 0.25) is 5.91 Å². The fourth-order valence-corrected chi connectivity index (χ4v) is 3.78. The number of carbonyl (C=O) groups excluding carboxylic acids is 1. The molecule has 1 radical (unpaired) electrons. The van der Waals surface area contributed by atoms with E-state index in [9.17, 15) is 4.79 Å². The van der Waals surface area contributed by atoms with Crippen molar-refractivity contribution < 1.29 is 9.53 Å². The Kier molecular flexibility index (Phi) is 5.40. The fraction of sp³-hybridized carbons (Fsp3) is 0.208. The smallest absolute Gasteiger partial charge is 0.239 e. The van der Waals surface area contributed by atoms with Gasteiger partial charge in [-0.25, -0.2) is 0 Å². The minimum absolute atomic E-state index is 0.324. The van der Waals surface area contributed by atoms with Crippen LogP contribution in [-0.4, -0.2) is 17.4 Å². The molecule has 1 atom stereocenters. The molecule has 1 aliphatic heterocycles. The van der Waals surface area contributed by atoms with Crippen molar-refractivity contribution in [2.75, 3.05) is 6.54 Å². The van der Waals surface area contributed by atoms with E-state index in [1.807, 2.05) is 72.8 Å². The summed E-state index contributed by atoms with van der Waals surface area (Å²) in [5.41, 5.74) is 10.1. The molecular formula is C24H23N2O2. The maximum atomic E-state index is 12.3. The highest BCUT2D eigenvalue weighted by molar-refractivity contribution is 5.82. The summed E-state index contributed by atoms with van der Waals surface area (Å²) in [5.74, 6) is 0.511. The van der Waals surface area contributed by atoms with Crippen LogP contribution in [0.5, 0.6) is 5.75 Å². The Morgan fingerprint density at radius 3 is 2.71 bits per heavy atom. The Hall–Kier alpha value is -3.11. The predicted molar refractivity (Wildman–Crippen MR) is 109 cm³/mol. The number of amides is 1. The number of para-hydroxylation sites is 1. The van der Waals surface area contributed by atoms with Crippen molar-refractivity contribution in [1.29, 1.82) is 0 Å². The van der Waals surface area contributed by atoms with Gasteiger partial charge in [-0.3, -0.25) is 9.69 Å². The highest BCUT2D eigenvalue weighted by Gasteiger charge is 2.31. The van der Waals surface area contributed by atoms with Crippen LogP contribution >= 0.6 is 0 Å². The summed E-state index contributed by atoms with van der Waals surface area (Å²) in [6, 6.07) is 26.5. The summed E-state index contributed by atoms with van der Waals surface area (Å²) in [7, 11) is 0. The van der Waals surface area contributed by atoms with Gasteiger partial charge in [-0.05, 0) is 35.2 Å².